The Morgan fingerprint density at radius 1 is 1.42 bits per heavy atom. The fourth-order valence-electron chi connectivity index (χ4n) is 2.47. The average Bonchev–Trinajstić information content (AvgIpc) is 2.85. The average molecular weight is 263 g/mol. The number of hydrogen-bond acceptors (Lipinski definition) is 4. The summed E-state index contributed by atoms with van der Waals surface area (Å²) in [4.78, 5) is 33.1. The molecule has 102 valence electrons. The van der Waals surface area contributed by atoms with Gasteiger partial charge in [-0.05, 0) is 12.3 Å². The van der Waals surface area contributed by atoms with Gasteiger partial charge in [-0.2, -0.15) is 0 Å². The Balaban J connectivity index is 2.18. The van der Waals surface area contributed by atoms with Crippen molar-refractivity contribution in [2.45, 2.75) is 20.3 Å². The predicted molar refractivity (Wildman–Crippen MR) is 67.5 cm³/mol. The predicted octanol–water partition coefficient (Wildman–Crippen LogP) is 1.05. The van der Waals surface area contributed by atoms with Crippen LogP contribution in [0.2, 0.25) is 0 Å². The SMILES string of the molecule is CC(C)C1(C(=O)O)CCN(C(=O)c2cnccn2)C1. The highest BCUT2D eigenvalue weighted by Crippen LogP contribution is 2.38. The highest BCUT2D eigenvalue weighted by molar-refractivity contribution is 5.93. The molecule has 2 rings (SSSR count). The lowest BCUT2D eigenvalue weighted by molar-refractivity contribution is -0.150. The quantitative estimate of drug-likeness (QED) is 0.881. The number of nitrogens with zero attached hydrogens (tertiary/aromatic N) is 3. The number of carbonyl (C=O) groups is 2. The maximum atomic E-state index is 12.2. The van der Waals surface area contributed by atoms with E-state index in [1.807, 2.05) is 13.8 Å². The monoisotopic (exact) mass is 263 g/mol. The minimum absolute atomic E-state index is 0.0235. The zero-order chi connectivity index (χ0) is 14.0. The standard InChI is InChI=1S/C13H17N3O3/c1-9(2)13(12(18)19)3-6-16(8-13)11(17)10-7-14-4-5-15-10/h4-5,7,9H,3,6,8H2,1-2H3,(H,18,19). The Labute approximate surface area is 111 Å². The molecule has 6 heteroatoms. The van der Waals surface area contributed by atoms with Crippen molar-refractivity contribution in [1.82, 2.24) is 14.9 Å². The molecular formula is C13H17N3O3. The molecule has 1 aliphatic rings. The van der Waals surface area contributed by atoms with Crippen LogP contribution in [0.4, 0.5) is 0 Å². The Hall–Kier alpha value is -1.98. The fraction of sp³-hybridized carbons (Fsp3) is 0.538. The zero-order valence-corrected chi connectivity index (χ0v) is 11.0. The minimum atomic E-state index is -0.849. The lowest BCUT2D eigenvalue weighted by Crippen LogP contribution is -2.40. The zero-order valence-electron chi connectivity index (χ0n) is 11.0. The number of amides is 1. The summed E-state index contributed by atoms with van der Waals surface area (Å²) in [6, 6.07) is 0. The van der Waals surface area contributed by atoms with Crippen LogP contribution in [0.25, 0.3) is 0 Å². The van der Waals surface area contributed by atoms with Gasteiger partial charge in [0.2, 0.25) is 0 Å². The van der Waals surface area contributed by atoms with Gasteiger partial charge in [-0.25, -0.2) is 4.98 Å². The number of hydrogen-bond donors (Lipinski definition) is 1. The Morgan fingerprint density at radius 3 is 2.63 bits per heavy atom. The van der Waals surface area contributed by atoms with E-state index >= 15 is 0 Å². The molecule has 19 heavy (non-hydrogen) atoms. The lowest BCUT2D eigenvalue weighted by Gasteiger charge is -2.28. The van der Waals surface area contributed by atoms with Gasteiger partial charge in [0.15, 0.2) is 0 Å². The number of carbonyl (C=O) groups excluding carboxylic acids is 1. The first kappa shape index (κ1) is 13.5. The summed E-state index contributed by atoms with van der Waals surface area (Å²) in [6.45, 7) is 4.43. The maximum Gasteiger partial charge on any atom is 0.311 e. The second-order valence-corrected chi connectivity index (χ2v) is 5.18. The Kier molecular flexibility index (Phi) is 3.50. The fourth-order valence-corrected chi connectivity index (χ4v) is 2.47. The molecule has 1 unspecified atom stereocenters. The van der Waals surface area contributed by atoms with Crippen LogP contribution < -0.4 is 0 Å². The summed E-state index contributed by atoms with van der Waals surface area (Å²) >= 11 is 0. The van der Waals surface area contributed by atoms with Gasteiger partial charge in [0.05, 0.1) is 11.6 Å². The second kappa shape index (κ2) is 4.95. The van der Waals surface area contributed by atoms with Gasteiger partial charge in [-0.1, -0.05) is 13.8 Å². The van der Waals surface area contributed by atoms with Crippen molar-refractivity contribution in [1.29, 1.82) is 0 Å². The number of aliphatic carboxylic acids is 1. The van der Waals surface area contributed by atoms with Crippen LogP contribution in [-0.4, -0.2) is 44.9 Å². The molecule has 2 heterocycles. The smallest absolute Gasteiger partial charge is 0.311 e. The van der Waals surface area contributed by atoms with Gasteiger partial charge < -0.3 is 10.0 Å². The van der Waals surface area contributed by atoms with Crippen LogP contribution >= 0.6 is 0 Å². The number of aromatic nitrogens is 2. The summed E-state index contributed by atoms with van der Waals surface area (Å²) < 4.78 is 0. The van der Waals surface area contributed by atoms with E-state index in [2.05, 4.69) is 9.97 Å². The number of carboxylic acid groups (broad SMARTS) is 1. The summed E-state index contributed by atoms with van der Waals surface area (Å²) in [7, 11) is 0. The van der Waals surface area contributed by atoms with E-state index in [0.717, 1.165) is 0 Å². The number of likely N-dealkylation sites (tertiary alicyclic amines) is 1. The summed E-state index contributed by atoms with van der Waals surface area (Å²) in [5, 5.41) is 9.44. The van der Waals surface area contributed by atoms with E-state index in [0.29, 0.717) is 13.0 Å². The molecule has 0 aromatic carbocycles. The van der Waals surface area contributed by atoms with Gasteiger partial charge >= 0.3 is 5.97 Å². The maximum absolute atomic E-state index is 12.2. The van der Waals surface area contributed by atoms with Crippen molar-refractivity contribution in [2.24, 2.45) is 11.3 Å². The Bertz CT molecular complexity index is 489. The molecule has 0 radical (unpaired) electrons. The summed E-state index contributed by atoms with van der Waals surface area (Å²) in [5.74, 6) is -1.11. The third-order valence-corrected chi connectivity index (χ3v) is 3.90. The summed E-state index contributed by atoms with van der Waals surface area (Å²) in [5.41, 5.74) is -0.592. The molecule has 1 aromatic rings. The van der Waals surface area contributed by atoms with Crippen LogP contribution in [0, 0.1) is 11.3 Å². The van der Waals surface area contributed by atoms with Crippen molar-refractivity contribution in [3.05, 3.63) is 24.3 Å². The minimum Gasteiger partial charge on any atom is -0.481 e. The molecule has 1 aromatic heterocycles. The molecule has 1 aliphatic heterocycles. The van der Waals surface area contributed by atoms with E-state index in [-0.39, 0.29) is 24.1 Å². The van der Waals surface area contributed by atoms with Crippen molar-refractivity contribution < 1.29 is 14.7 Å². The topological polar surface area (TPSA) is 83.4 Å². The molecule has 1 N–H and O–H groups in total. The second-order valence-electron chi connectivity index (χ2n) is 5.18. The van der Waals surface area contributed by atoms with Crippen LogP contribution in [-0.2, 0) is 4.79 Å². The van der Waals surface area contributed by atoms with Crippen molar-refractivity contribution in [3.63, 3.8) is 0 Å². The van der Waals surface area contributed by atoms with E-state index in [9.17, 15) is 14.7 Å². The molecule has 1 atom stereocenters. The van der Waals surface area contributed by atoms with Gasteiger partial charge in [0, 0.05) is 25.5 Å². The normalized spacial score (nSPS) is 22.8. The molecule has 0 spiro atoms. The Morgan fingerprint density at radius 2 is 2.16 bits per heavy atom. The first-order chi connectivity index (χ1) is 8.97. The van der Waals surface area contributed by atoms with Crippen LogP contribution in [0.5, 0.6) is 0 Å². The molecule has 1 saturated heterocycles. The molecule has 6 nitrogen and oxygen atoms in total. The molecule has 0 bridgehead atoms. The van der Waals surface area contributed by atoms with E-state index in [1.54, 1.807) is 4.90 Å². The highest BCUT2D eigenvalue weighted by atomic mass is 16.4. The number of rotatable bonds is 3. The van der Waals surface area contributed by atoms with E-state index in [1.165, 1.54) is 18.6 Å². The third-order valence-electron chi connectivity index (χ3n) is 3.90. The first-order valence-electron chi connectivity index (χ1n) is 6.26. The first-order valence-corrected chi connectivity index (χ1v) is 6.26. The summed E-state index contributed by atoms with van der Waals surface area (Å²) in [6.07, 6.45) is 4.83. The van der Waals surface area contributed by atoms with Gasteiger partial charge in [-0.15, -0.1) is 0 Å². The lowest BCUT2D eigenvalue weighted by atomic mass is 9.76. The van der Waals surface area contributed by atoms with Gasteiger partial charge in [0.25, 0.3) is 5.91 Å². The van der Waals surface area contributed by atoms with Crippen molar-refractivity contribution in [2.75, 3.05) is 13.1 Å². The largest absolute Gasteiger partial charge is 0.481 e. The number of carboxylic acids is 1. The van der Waals surface area contributed by atoms with E-state index < -0.39 is 11.4 Å². The molecule has 1 fully saturated rings. The highest BCUT2D eigenvalue weighted by Gasteiger charge is 2.48. The molecule has 0 aliphatic carbocycles. The molecule has 1 amide bonds. The van der Waals surface area contributed by atoms with Gasteiger partial charge in [0.1, 0.15) is 5.69 Å². The van der Waals surface area contributed by atoms with Crippen LogP contribution in [0.3, 0.4) is 0 Å². The third kappa shape index (κ3) is 2.30. The van der Waals surface area contributed by atoms with Crippen molar-refractivity contribution >= 4 is 11.9 Å². The van der Waals surface area contributed by atoms with Crippen LogP contribution in [0.1, 0.15) is 30.8 Å². The molecular weight excluding hydrogens is 246 g/mol. The molecule has 0 saturated carbocycles. The van der Waals surface area contributed by atoms with Crippen molar-refractivity contribution in [3.8, 4) is 0 Å². The van der Waals surface area contributed by atoms with E-state index in [4.69, 9.17) is 0 Å². The van der Waals surface area contributed by atoms with Crippen LogP contribution in [0.15, 0.2) is 18.6 Å². The van der Waals surface area contributed by atoms with Gasteiger partial charge in [-0.3, -0.25) is 14.6 Å².